The Morgan fingerprint density at radius 2 is 2.05 bits per heavy atom. The molecule has 0 aromatic carbocycles. The molecule has 1 fully saturated rings. The maximum atomic E-state index is 12.4. The lowest BCUT2D eigenvalue weighted by atomic mass is 9.82. The van der Waals surface area contributed by atoms with Crippen LogP contribution in [0.1, 0.15) is 50.4 Å². The molecule has 0 bridgehead atoms. The molecule has 4 heteroatoms. The summed E-state index contributed by atoms with van der Waals surface area (Å²) >= 11 is 0. The van der Waals surface area contributed by atoms with Crippen LogP contribution in [0.15, 0.2) is 18.3 Å². The maximum absolute atomic E-state index is 12.4. The second-order valence-corrected chi connectivity index (χ2v) is 6.32. The van der Waals surface area contributed by atoms with E-state index in [-0.39, 0.29) is 5.91 Å². The first-order valence-corrected chi connectivity index (χ1v) is 7.51. The molecule has 1 aliphatic heterocycles. The zero-order valence-corrected chi connectivity index (χ0v) is 12.8. The van der Waals surface area contributed by atoms with Crippen molar-refractivity contribution >= 4 is 11.7 Å². The van der Waals surface area contributed by atoms with E-state index in [9.17, 15) is 4.79 Å². The smallest absolute Gasteiger partial charge is 0.255 e. The van der Waals surface area contributed by atoms with Crippen LogP contribution in [-0.2, 0) is 0 Å². The van der Waals surface area contributed by atoms with Crippen molar-refractivity contribution in [2.75, 3.05) is 25.0 Å². The van der Waals surface area contributed by atoms with Crippen LogP contribution in [0.4, 0.5) is 5.82 Å². The molecule has 1 amide bonds. The maximum Gasteiger partial charge on any atom is 0.255 e. The second-order valence-electron chi connectivity index (χ2n) is 6.32. The highest BCUT2D eigenvalue weighted by Crippen LogP contribution is 2.30. The third-order valence-corrected chi connectivity index (χ3v) is 3.97. The minimum Gasteiger partial charge on any atom is -0.370 e. The minimum absolute atomic E-state index is 0.107. The molecule has 2 heterocycles. The Labute approximate surface area is 121 Å². The van der Waals surface area contributed by atoms with Gasteiger partial charge in [0.15, 0.2) is 0 Å². The van der Waals surface area contributed by atoms with Crippen LogP contribution in [0.5, 0.6) is 0 Å². The van der Waals surface area contributed by atoms with Gasteiger partial charge in [0.25, 0.3) is 5.91 Å². The van der Waals surface area contributed by atoms with Gasteiger partial charge in [-0.2, -0.15) is 0 Å². The molecular weight excluding hydrogens is 250 g/mol. The van der Waals surface area contributed by atoms with Crippen molar-refractivity contribution in [3.63, 3.8) is 0 Å². The van der Waals surface area contributed by atoms with Crippen molar-refractivity contribution in [2.45, 2.75) is 40.0 Å². The number of aromatic nitrogens is 1. The SMILES string of the molecule is CCCNc1ccc(C(=O)N2CCC(C)(C)CC2)cn1. The fourth-order valence-corrected chi connectivity index (χ4v) is 2.38. The number of anilines is 1. The van der Waals surface area contributed by atoms with Crippen molar-refractivity contribution in [3.8, 4) is 0 Å². The highest BCUT2D eigenvalue weighted by atomic mass is 16.2. The summed E-state index contributed by atoms with van der Waals surface area (Å²) in [6.07, 6.45) is 4.89. The first-order valence-electron chi connectivity index (χ1n) is 7.51. The first-order chi connectivity index (χ1) is 9.52. The van der Waals surface area contributed by atoms with Gasteiger partial charge in [-0.3, -0.25) is 4.79 Å². The van der Waals surface area contributed by atoms with Gasteiger partial charge in [0.2, 0.25) is 0 Å². The first kappa shape index (κ1) is 14.8. The summed E-state index contributed by atoms with van der Waals surface area (Å²) in [4.78, 5) is 18.6. The van der Waals surface area contributed by atoms with Crippen LogP contribution >= 0.6 is 0 Å². The summed E-state index contributed by atoms with van der Waals surface area (Å²) < 4.78 is 0. The number of rotatable bonds is 4. The van der Waals surface area contributed by atoms with Crippen LogP contribution in [0.25, 0.3) is 0 Å². The number of amides is 1. The Hall–Kier alpha value is -1.58. The monoisotopic (exact) mass is 275 g/mol. The van der Waals surface area contributed by atoms with Gasteiger partial charge >= 0.3 is 0 Å². The van der Waals surface area contributed by atoms with E-state index in [1.165, 1.54) is 0 Å². The van der Waals surface area contributed by atoms with E-state index in [1.807, 2.05) is 17.0 Å². The molecule has 1 N–H and O–H groups in total. The number of hydrogen-bond acceptors (Lipinski definition) is 3. The molecule has 2 rings (SSSR count). The molecule has 0 spiro atoms. The average Bonchev–Trinajstić information content (AvgIpc) is 2.45. The number of nitrogens with zero attached hydrogens (tertiary/aromatic N) is 2. The quantitative estimate of drug-likeness (QED) is 0.918. The number of carbonyl (C=O) groups excluding carboxylic acids is 1. The van der Waals surface area contributed by atoms with E-state index in [0.29, 0.717) is 11.0 Å². The number of carbonyl (C=O) groups is 1. The van der Waals surface area contributed by atoms with E-state index >= 15 is 0 Å². The van der Waals surface area contributed by atoms with Crippen LogP contribution in [-0.4, -0.2) is 35.4 Å². The largest absolute Gasteiger partial charge is 0.370 e. The van der Waals surface area contributed by atoms with Gasteiger partial charge in [-0.15, -0.1) is 0 Å². The Morgan fingerprint density at radius 3 is 2.60 bits per heavy atom. The van der Waals surface area contributed by atoms with Gasteiger partial charge in [0.05, 0.1) is 5.56 Å². The fraction of sp³-hybridized carbons (Fsp3) is 0.625. The lowest BCUT2D eigenvalue weighted by Crippen LogP contribution is -2.41. The zero-order chi connectivity index (χ0) is 14.6. The Morgan fingerprint density at radius 1 is 1.35 bits per heavy atom. The molecular formula is C16H25N3O. The van der Waals surface area contributed by atoms with Gasteiger partial charge in [0.1, 0.15) is 5.82 Å². The Bertz CT molecular complexity index is 443. The molecule has 0 unspecified atom stereocenters. The van der Waals surface area contributed by atoms with Gasteiger partial charge in [0, 0.05) is 25.8 Å². The number of hydrogen-bond donors (Lipinski definition) is 1. The van der Waals surface area contributed by atoms with Crippen molar-refractivity contribution < 1.29 is 4.79 Å². The van der Waals surface area contributed by atoms with Crippen molar-refractivity contribution in [2.24, 2.45) is 5.41 Å². The zero-order valence-electron chi connectivity index (χ0n) is 12.8. The summed E-state index contributed by atoms with van der Waals surface area (Å²) in [5, 5.41) is 3.21. The fourth-order valence-electron chi connectivity index (χ4n) is 2.38. The lowest BCUT2D eigenvalue weighted by Gasteiger charge is -2.36. The van der Waals surface area contributed by atoms with E-state index < -0.39 is 0 Å². The molecule has 110 valence electrons. The van der Waals surface area contributed by atoms with Gasteiger partial charge in [-0.05, 0) is 36.8 Å². The lowest BCUT2D eigenvalue weighted by molar-refractivity contribution is 0.0630. The molecule has 1 aromatic heterocycles. The highest BCUT2D eigenvalue weighted by Gasteiger charge is 2.28. The van der Waals surface area contributed by atoms with Gasteiger partial charge < -0.3 is 10.2 Å². The van der Waals surface area contributed by atoms with E-state index in [1.54, 1.807) is 6.20 Å². The summed E-state index contributed by atoms with van der Waals surface area (Å²) in [6.45, 7) is 9.25. The van der Waals surface area contributed by atoms with Gasteiger partial charge in [-0.1, -0.05) is 20.8 Å². The van der Waals surface area contributed by atoms with E-state index in [0.717, 1.165) is 44.7 Å². The van der Waals surface area contributed by atoms with Crippen LogP contribution in [0, 0.1) is 5.41 Å². The summed E-state index contributed by atoms with van der Waals surface area (Å²) in [7, 11) is 0. The number of likely N-dealkylation sites (tertiary alicyclic amines) is 1. The molecule has 0 radical (unpaired) electrons. The minimum atomic E-state index is 0.107. The summed E-state index contributed by atoms with van der Waals surface area (Å²) in [5.41, 5.74) is 1.05. The number of piperidine rings is 1. The van der Waals surface area contributed by atoms with E-state index in [4.69, 9.17) is 0 Å². The Balaban J connectivity index is 1.96. The van der Waals surface area contributed by atoms with Crippen LogP contribution < -0.4 is 5.32 Å². The molecule has 1 aliphatic rings. The molecule has 0 atom stereocenters. The number of pyridine rings is 1. The molecule has 20 heavy (non-hydrogen) atoms. The Kier molecular flexibility index (Phi) is 4.63. The van der Waals surface area contributed by atoms with Gasteiger partial charge in [-0.25, -0.2) is 4.98 Å². The molecule has 1 saturated heterocycles. The van der Waals surface area contributed by atoms with Crippen molar-refractivity contribution in [3.05, 3.63) is 23.9 Å². The molecule has 4 nitrogen and oxygen atoms in total. The predicted molar refractivity (Wildman–Crippen MR) is 81.9 cm³/mol. The summed E-state index contributed by atoms with van der Waals surface area (Å²) in [5.74, 6) is 0.943. The molecule has 0 aliphatic carbocycles. The predicted octanol–water partition coefficient (Wildman–Crippen LogP) is 3.17. The van der Waals surface area contributed by atoms with Crippen LogP contribution in [0.3, 0.4) is 0 Å². The second kappa shape index (κ2) is 6.25. The standard InChI is InChI=1S/C16H25N3O/c1-4-9-17-14-6-5-13(12-18-14)15(20)19-10-7-16(2,3)8-11-19/h5-6,12H,4,7-11H2,1-3H3,(H,17,18). The molecule has 0 saturated carbocycles. The normalized spacial score (nSPS) is 17.9. The number of nitrogens with one attached hydrogen (secondary N) is 1. The third kappa shape index (κ3) is 3.71. The third-order valence-electron chi connectivity index (χ3n) is 3.97. The van der Waals surface area contributed by atoms with Crippen molar-refractivity contribution in [1.82, 2.24) is 9.88 Å². The average molecular weight is 275 g/mol. The molecule has 1 aromatic rings. The highest BCUT2D eigenvalue weighted by molar-refractivity contribution is 5.94. The van der Waals surface area contributed by atoms with Crippen LogP contribution in [0.2, 0.25) is 0 Å². The van der Waals surface area contributed by atoms with Crippen molar-refractivity contribution in [1.29, 1.82) is 0 Å². The topological polar surface area (TPSA) is 45.2 Å². The summed E-state index contributed by atoms with van der Waals surface area (Å²) in [6, 6.07) is 3.75. The van der Waals surface area contributed by atoms with E-state index in [2.05, 4.69) is 31.1 Å².